The Kier molecular flexibility index (Phi) is 6.65. The van der Waals surface area contributed by atoms with Gasteiger partial charge in [-0.2, -0.15) is 0 Å². The molecular weight excluding hydrogens is 501 g/mol. The summed E-state index contributed by atoms with van der Waals surface area (Å²) in [7, 11) is 0. The summed E-state index contributed by atoms with van der Waals surface area (Å²) in [6, 6.07) is 16.8. The van der Waals surface area contributed by atoms with Gasteiger partial charge in [-0.1, -0.05) is 47.5 Å². The second-order valence-electron chi connectivity index (χ2n) is 8.31. The Morgan fingerprint density at radius 1 is 0.917 bits per heavy atom. The number of nitrogens with zero attached hydrogens (tertiary/aromatic N) is 1. The molecule has 2 heterocycles. The number of ether oxygens (including phenoxy) is 2. The fraction of sp³-hybridized carbons (Fsp3) is 0.214. The maximum atomic E-state index is 13.8. The van der Waals surface area contributed by atoms with Crippen molar-refractivity contribution in [3.05, 3.63) is 103 Å². The SMILES string of the molecule is CCOc1ccc(C2c3c(oc4ccc(Cl)cc4c3=O)C(=O)N2Cc2ccccc2Cl)cc1OCC. The number of rotatable bonds is 7. The van der Waals surface area contributed by atoms with Crippen LogP contribution in [0.2, 0.25) is 10.0 Å². The maximum Gasteiger partial charge on any atom is 0.291 e. The highest BCUT2D eigenvalue weighted by Gasteiger charge is 2.43. The Morgan fingerprint density at radius 2 is 1.67 bits per heavy atom. The standard InChI is InChI=1S/C28H23Cl2NO5/c1-3-34-22-11-9-16(13-23(22)35-4-2)25-24-26(32)19-14-18(29)10-12-21(19)36-27(24)28(33)31(25)15-17-7-5-6-8-20(17)30/h5-14,25H,3-4,15H2,1-2H3. The first-order valence-corrected chi connectivity index (χ1v) is 12.4. The van der Waals surface area contributed by atoms with Gasteiger partial charge in [0.05, 0.1) is 30.2 Å². The molecule has 0 spiro atoms. The van der Waals surface area contributed by atoms with E-state index < -0.39 is 11.9 Å². The summed E-state index contributed by atoms with van der Waals surface area (Å²) in [6.45, 7) is 4.85. The van der Waals surface area contributed by atoms with E-state index in [2.05, 4.69) is 0 Å². The fourth-order valence-corrected chi connectivity index (χ4v) is 4.92. The van der Waals surface area contributed by atoms with Gasteiger partial charge in [-0.15, -0.1) is 0 Å². The lowest BCUT2D eigenvalue weighted by atomic mass is 9.97. The molecule has 3 aromatic carbocycles. The average molecular weight is 524 g/mol. The van der Waals surface area contributed by atoms with Gasteiger partial charge in [0.2, 0.25) is 5.76 Å². The van der Waals surface area contributed by atoms with Crippen molar-refractivity contribution in [2.75, 3.05) is 13.2 Å². The van der Waals surface area contributed by atoms with Crippen molar-refractivity contribution in [3.63, 3.8) is 0 Å². The number of fused-ring (bicyclic) bond motifs is 2. The van der Waals surface area contributed by atoms with Crippen LogP contribution in [0, 0.1) is 0 Å². The van der Waals surface area contributed by atoms with Gasteiger partial charge in [0.25, 0.3) is 5.91 Å². The normalized spacial score (nSPS) is 14.8. The van der Waals surface area contributed by atoms with E-state index in [1.807, 2.05) is 44.2 Å². The molecule has 1 unspecified atom stereocenters. The van der Waals surface area contributed by atoms with E-state index in [-0.39, 0.29) is 23.3 Å². The topological polar surface area (TPSA) is 69.0 Å². The van der Waals surface area contributed by atoms with Gasteiger partial charge >= 0.3 is 0 Å². The molecular formula is C28H23Cl2NO5. The van der Waals surface area contributed by atoms with Crippen LogP contribution >= 0.6 is 23.2 Å². The second kappa shape index (κ2) is 9.88. The molecule has 0 aliphatic carbocycles. The number of halogens is 2. The van der Waals surface area contributed by atoms with Crippen molar-refractivity contribution in [2.45, 2.75) is 26.4 Å². The summed E-state index contributed by atoms with van der Waals surface area (Å²) in [4.78, 5) is 29.1. The summed E-state index contributed by atoms with van der Waals surface area (Å²) >= 11 is 12.6. The van der Waals surface area contributed by atoms with E-state index >= 15 is 0 Å². The first-order valence-electron chi connectivity index (χ1n) is 11.6. The van der Waals surface area contributed by atoms with Gasteiger partial charge in [-0.3, -0.25) is 9.59 Å². The molecule has 1 amide bonds. The monoisotopic (exact) mass is 523 g/mol. The zero-order valence-electron chi connectivity index (χ0n) is 19.7. The predicted molar refractivity (Wildman–Crippen MR) is 139 cm³/mol. The van der Waals surface area contributed by atoms with E-state index in [0.29, 0.717) is 51.3 Å². The van der Waals surface area contributed by atoms with E-state index in [9.17, 15) is 9.59 Å². The number of carbonyl (C=O) groups excluding carboxylic acids is 1. The van der Waals surface area contributed by atoms with Crippen molar-refractivity contribution in [1.29, 1.82) is 0 Å². The minimum atomic E-state index is -0.724. The van der Waals surface area contributed by atoms with E-state index in [0.717, 1.165) is 5.56 Å². The Balaban J connectivity index is 1.73. The lowest BCUT2D eigenvalue weighted by Gasteiger charge is -2.26. The fourth-order valence-electron chi connectivity index (χ4n) is 4.55. The Hall–Kier alpha value is -3.48. The molecule has 6 nitrogen and oxygen atoms in total. The predicted octanol–water partition coefficient (Wildman–Crippen LogP) is 6.64. The molecule has 0 saturated carbocycles. The molecule has 184 valence electrons. The summed E-state index contributed by atoms with van der Waals surface area (Å²) in [5, 5.41) is 1.25. The van der Waals surface area contributed by atoms with Gasteiger partial charge in [-0.25, -0.2) is 0 Å². The van der Waals surface area contributed by atoms with Crippen LogP contribution in [-0.4, -0.2) is 24.0 Å². The smallest absolute Gasteiger partial charge is 0.291 e. The van der Waals surface area contributed by atoms with Crippen LogP contribution in [0.5, 0.6) is 11.5 Å². The molecule has 0 bridgehead atoms. The molecule has 5 rings (SSSR count). The molecule has 0 radical (unpaired) electrons. The Bertz CT molecular complexity index is 1530. The minimum absolute atomic E-state index is 0.0127. The molecule has 1 atom stereocenters. The van der Waals surface area contributed by atoms with Crippen LogP contribution in [0.25, 0.3) is 11.0 Å². The van der Waals surface area contributed by atoms with Crippen molar-refractivity contribution >= 4 is 40.1 Å². The molecule has 8 heteroatoms. The van der Waals surface area contributed by atoms with Crippen LogP contribution in [0.3, 0.4) is 0 Å². The zero-order chi connectivity index (χ0) is 25.4. The van der Waals surface area contributed by atoms with Gasteiger partial charge < -0.3 is 18.8 Å². The van der Waals surface area contributed by atoms with Crippen LogP contribution < -0.4 is 14.9 Å². The van der Waals surface area contributed by atoms with Crippen molar-refractivity contribution in [1.82, 2.24) is 4.90 Å². The Morgan fingerprint density at radius 3 is 2.42 bits per heavy atom. The highest BCUT2D eigenvalue weighted by atomic mass is 35.5. The summed E-state index contributed by atoms with van der Waals surface area (Å²) in [5.74, 6) is 0.737. The van der Waals surface area contributed by atoms with Gasteiger partial charge in [0.1, 0.15) is 5.58 Å². The molecule has 1 aliphatic heterocycles. The van der Waals surface area contributed by atoms with Crippen LogP contribution in [0.4, 0.5) is 0 Å². The number of benzene rings is 3. The van der Waals surface area contributed by atoms with Crippen molar-refractivity contribution in [3.8, 4) is 11.5 Å². The Labute approximate surface area is 217 Å². The summed E-state index contributed by atoms with van der Waals surface area (Å²) < 4.78 is 17.5. The highest BCUT2D eigenvalue weighted by molar-refractivity contribution is 6.31. The third kappa shape index (κ3) is 4.21. The third-order valence-corrected chi connectivity index (χ3v) is 6.71. The molecule has 0 saturated heterocycles. The lowest BCUT2D eigenvalue weighted by Crippen LogP contribution is -2.29. The van der Waals surface area contributed by atoms with E-state index in [1.165, 1.54) is 0 Å². The first-order chi connectivity index (χ1) is 17.4. The van der Waals surface area contributed by atoms with Gasteiger partial charge in [0, 0.05) is 16.6 Å². The second-order valence-corrected chi connectivity index (χ2v) is 9.16. The van der Waals surface area contributed by atoms with Crippen molar-refractivity contribution in [2.24, 2.45) is 0 Å². The van der Waals surface area contributed by atoms with Crippen LogP contribution in [0.15, 0.2) is 69.9 Å². The minimum Gasteiger partial charge on any atom is -0.490 e. The summed E-state index contributed by atoms with van der Waals surface area (Å²) in [6.07, 6.45) is 0. The number of hydrogen-bond acceptors (Lipinski definition) is 5. The van der Waals surface area contributed by atoms with Crippen LogP contribution in [0.1, 0.15) is 47.1 Å². The highest BCUT2D eigenvalue weighted by Crippen LogP contribution is 2.42. The number of hydrogen-bond donors (Lipinski definition) is 0. The summed E-state index contributed by atoms with van der Waals surface area (Å²) in [5.41, 5.74) is 1.70. The van der Waals surface area contributed by atoms with Crippen LogP contribution in [-0.2, 0) is 6.54 Å². The number of amides is 1. The van der Waals surface area contributed by atoms with Crippen molar-refractivity contribution < 1.29 is 18.7 Å². The molecule has 1 aromatic heterocycles. The van der Waals surface area contributed by atoms with E-state index in [1.54, 1.807) is 35.2 Å². The van der Waals surface area contributed by atoms with E-state index in [4.69, 9.17) is 37.1 Å². The molecule has 1 aliphatic rings. The van der Waals surface area contributed by atoms with Gasteiger partial charge in [-0.05, 0) is 61.4 Å². The van der Waals surface area contributed by atoms with Gasteiger partial charge in [0.15, 0.2) is 16.9 Å². The molecule has 36 heavy (non-hydrogen) atoms. The quantitative estimate of drug-likeness (QED) is 0.271. The largest absolute Gasteiger partial charge is 0.490 e. The maximum absolute atomic E-state index is 13.8. The molecule has 0 N–H and O–H groups in total. The third-order valence-electron chi connectivity index (χ3n) is 6.11. The zero-order valence-corrected chi connectivity index (χ0v) is 21.2. The molecule has 4 aromatic rings. The molecule has 0 fully saturated rings. The number of carbonyl (C=O) groups is 1. The average Bonchev–Trinajstić information content (AvgIpc) is 3.14. The first kappa shape index (κ1) is 24.2. The lowest BCUT2D eigenvalue weighted by molar-refractivity contribution is 0.0714.